The van der Waals surface area contributed by atoms with E-state index in [1.807, 2.05) is 0 Å². The molecule has 0 bridgehead atoms. The lowest BCUT2D eigenvalue weighted by Gasteiger charge is -2.09. The largest absolute Gasteiger partial charge is 0.390 e. The number of alkyl halides is 3. The van der Waals surface area contributed by atoms with Crippen LogP contribution in [-0.2, 0) is 11.9 Å². The Kier molecular flexibility index (Phi) is 3.88. The van der Waals surface area contributed by atoms with Gasteiger partial charge in [0.2, 0.25) is 5.95 Å². The fourth-order valence-electron chi connectivity index (χ4n) is 1.09. The van der Waals surface area contributed by atoms with Gasteiger partial charge in [-0.25, -0.2) is 13.8 Å². The summed E-state index contributed by atoms with van der Waals surface area (Å²) >= 11 is 2.99. The van der Waals surface area contributed by atoms with Crippen molar-refractivity contribution < 1.29 is 18.3 Å². The number of aliphatic hydroxyl groups is 1. The molecule has 1 heterocycles. The Labute approximate surface area is 86.9 Å². The van der Waals surface area contributed by atoms with Crippen LogP contribution in [-0.4, -0.2) is 10.1 Å². The van der Waals surface area contributed by atoms with E-state index in [4.69, 9.17) is 5.11 Å². The molecule has 1 aromatic rings. The standard InChI is InChI=1S/C8H7BrF3NO/c9-2-5-4(8(11)12)1-7(10)13-6(5)3-14/h1,8,14H,2-3H2. The molecular formula is C8H7BrF3NO. The van der Waals surface area contributed by atoms with E-state index < -0.39 is 24.5 Å². The Morgan fingerprint density at radius 2 is 2.14 bits per heavy atom. The van der Waals surface area contributed by atoms with E-state index in [-0.39, 0.29) is 16.6 Å². The third-order valence-corrected chi connectivity index (χ3v) is 2.29. The van der Waals surface area contributed by atoms with E-state index in [0.29, 0.717) is 6.07 Å². The lowest BCUT2D eigenvalue weighted by molar-refractivity contribution is 0.149. The van der Waals surface area contributed by atoms with Gasteiger partial charge in [0.05, 0.1) is 12.3 Å². The van der Waals surface area contributed by atoms with Gasteiger partial charge in [0.1, 0.15) is 0 Å². The maximum Gasteiger partial charge on any atom is 0.264 e. The van der Waals surface area contributed by atoms with Gasteiger partial charge in [0.15, 0.2) is 0 Å². The molecule has 6 heteroatoms. The Hall–Kier alpha value is -0.620. The van der Waals surface area contributed by atoms with Crippen LogP contribution in [0.2, 0.25) is 0 Å². The molecule has 0 aromatic carbocycles. The molecule has 0 radical (unpaired) electrons. The molecule has 0 aliphatic rings. The molecule has 78 valence electrons. The van der Waals surface area contributed by atoms with Crippen molar-refractivity contribution in [2.24, 2.45) is 0 Å². The molecular weight excluding hydrogens is 263 g/mol. The molecule has 0 unspecified atom stereocenters. The predicted octanol–water partition coefficient (Wildman–Crippen LogP) is 2.55. The summed E-state index contributed by atoms with van der Waals surface area (Å²) in [5, 5.41) is 8.89. The van der Waals surface area contributed by atoms with Crippen LogP contribution in [0.15, 0.2) is 6.07 Å². The van der Waals surface area contributed by atoms with Gasteiger partial charge < -0.3 is 5.11 Å². The number of rotatable bonds is 3. The number of nitrogens with zero attached hydrogens (tertiary/aromatic N) is 1. The highest BCUT2D eigenvalue weighted by Gasteiger charge is 2.18. The summed E-state index contributed by atoms with van der Waals surface area (Å²) in [7, 11) is 0. The highest BCUT2D eigenvalue weighted by Crippen LogP contribution is 2.27. The number of hydrogen-bond acceptors (Lipinski definition) is 2. The first kappa shape index (κ1) is 11.5. The van der Waals surface area contributed by atoms with Crippen LogP contribution in [0.5, 0.6) is 0 Å². The summed E-state index contributed by atoms with van der Waals surface area (Å²) < 4.78 is 37.5. The molecule has 0 amide bonds. The van der Waals surface area contributed by atoms with E-state index in [2.05, 4.69) is 20.9 Å². The molecule has 0 aliphatic carbocycles. The first-order valence-corrected chi connectivity index (χ1v) is 4.85. The van der Waals surface area contributed by atoms with Crippen molar-refractivity contribution in [1.82, 2.24) is 4.98 Å². The summed E-state index contributed by atoms with van der Waals surface area (Å²) in [6.07, 6.45) is -2.77. The fraction of sp³-hybridized carbons (Fsp3) is 0.375. The minimum Gasteiger partial charge on any atom is -0.390 e. The van der Waals surface area contributed by atoms with Gasteiger partial charge in [-0.05, 0) is 5.56 Å². The molecule has 0 fully saturated rings. The zero-order valence-corrected chi connectivity index (χ0v) is 8.56. The van der Waals surface area contributed by atoms with E-state index >= 15 is 0 Å². The molecule has 1 aromatic heterocycles. The SMILES string of the molecule is OCc1nc(F)cc(C(F)F)c1CBr. The highest BCUT2D eigenvalue weighted by atomic mass is 79.9. The molecule has 2 nitrogen and oxygen atoms in total. The predicted molar refractivity (Wildman–Crippen MR) is 47.7 cm³/mol. The average Bonchev–Trinajstić information content (AvgIpc) is 2.16. The van der Waals surface area contributed by atoms with Crippen molar-refractivity contribution in [2.75, 3.05) is 0 Å². The van der Waals surface area contributed by atoms with E-state index in [1.54, 1.807) is 0 Å². The Morgan fingerprint density at radius 3 is 2.57 bits per heavy atom. The van der Waals surface area contributed by atoms with Crippen molar-refractivity contribution >= 4 is 15.9 Å². The molecule has 0 spiro atoms. The molecule has 0 aliphatic heterocycles. The van der Waals surface area contributed by atoms with Gasteiger partial charge >= 0.3 is 0 Å². The van der Waals surface area contributed by atoms with E-state index in [0.717, 1.165) is 0 Å². The summed E-state index contributed by atoms with van der Waals surface area (Å²) in [6, 6.07) is 0.681. The van der Waals surface area contributed by atoms with Crippen LogP contribution < -0.4 is 0 Å². The zero-order valence-electron chi connectivity index (χ0n) is 6.98. The molecule has 1 N–H and O–H groups in total. The average molecular weight is 270 g/mol. The molecule has 14 heavy (non-hydrogen) atoms. The number of aromatic nitrogens is 1. The second-order valence-electron chi connectivity index (χ2n) is 2.55. The Morgan fingerprint density at radius 1 is 1.50 bits per heavy atom. The Bertz CT molecular complexity index is 333. The fourth-order valence-corrected chi connectivity index (χ4v) is 1.74. The van der Waals surface area contributed by atoms with Crippen LogP contribution in [0.25, 0.3) is 0 Å². The molecule has 1 rings (SSSR count). The zero-order chi connectivity index (χ0) is 10.7. The maximum atomic E-state index is 12.7. The summed E-state index contributed by atoms with van der Waals surface area (Å²) in [6.45, 7) is -0.557. The van der Waals surface area contributed by atoms with Crippen molar-refractivity contribution in [3.63, 3.8) is 0 Å². The minimum absolute atomic E-state index is 0.0582. The van der Waals surface area contributed by atoms with Crippen LogP contribution in [0.4, 0.5) is 13.2 Å². The number of hydrogen-bond donors (Lipinski definition) is 1. The van der Waals surface area contributed by atoms with Gasteiger partial charge in [-0.2, -0.15) is 4.39 Å². The monoisotopic (exact) mass is 269 g/mol. The van der Waals surface area contributed by atoms with Gasteiger partial charge in [-0.1, -0.05) is 15.9 Å². The number of halogens is 4. The first-order chi connectivity index (χ1) is 6.60. The first-order valence-electron chi connectivity index (χ1n) is 3.73. The molecule has 0 saturated heterocycles. The second-order valence-corrected chi connectivity index (χ2v) is 3.11. The summed E-state index contributed by atoms with van der Waals surface area (Å²) in [5.74, 6) is -1.01. The second kappa shape index (κ2) is 4.75. The van der Waals surface area contributed by atoms with Gasteiger partial charge in [-0.3, -0.25) is 0 Å². The third kappa shape index (κ3) is 2.24. The van der Waals surface area contributed by atoms with Crippen LogP contribution in [0, 0.1) is 5.95 Å². The lowest BCUT2D eigenvalue weighted by Crippen LogP contribution is -2.04. The minimum atomic E-state index is -2.77. The number of pyridine rings is 1. The third-order valence-electron chi connectivity index (χ3n) is 1.73. The van der Waals surface area contributed by atoms with Crippen molar-refractivity contribution in [2.45, 2.75) is 18.4 Å². The maximum absolute atomic E-state index is 12.7. The normalized spacial score (nSPS) is 11.0. The van der Waals surface area contributed by atoms with Crippen molar-refractivity contribution in [3.05, 3.63) is 28.8 Å². The van der Waals surface area contributed by atoms with Crippen LogP contribution in [0.3, 0.4) is 0 Å². The van der Waals surface area contributed by atoms with Crippen molar-refractivity contribution in [1.29, 1.82) is 0 Å². The summed E-state index contributed by atoms with van der Waals surface area (Å²) in [4.78, 5) is 3.33. The number of aliphatic hydroxyl groups excluding tert-OH is 1. The smallest absolute Gasteiger partial charge is 0.264 e. The van der Waals surface area contributed by atoms with Crippen LogP contribution >= 0.6 is 15.9 Å². The van der Waals surface area contributed by atoms with Gasteiger partial charge in [-0.15, -0.1) is 0 Å². The van der Waals surface area contributed by atoms with E-state index in [9.17, 15) is 13.2 Å². The van der Waals surface area contributed by atoms with Gasteiger partial charge in [0.25, 0.3) is 6.43 Å². The molecule has 0 saturated carbocycles. The molecule has 0 atom stereocenters. The quantitative estimate of drug-likeness (QED) is 0.676. The van der Waals surface area contributed by atoms with Crippen molar-refractivity contribution in [3.8, 4) is 0 Å². The highest BCUT2D eigenvalue weighted by molar-refractivity contribution is 9.08. The van der Waals surface area contributed by atoms with Crippen LogP contribution in [0.1, 0.15) is 23.2 Å². The summed E-state index contributed by atoms with van der Waals surface area (Å²) in [5.41, 5.74) is -0.348. The Balaban J connectivity index is 3.31. The topological polar surface area (TPSA) is 33.1 Å². The van der Waals surface area contributed by atoms with Gasteiger partial charge in [0, 0.05) is 17.0 Å². The van der Waals surface area contributed by atoms with E-state index in [1.165, 1.54) is 0 Å². The lowest BCUT2D eigenvalue weighted by atomic mass is 10.1.